The molecule has 1 heterocycles. The molecule has 0 amide bonds. The van der Waals surface area contributed by atoms with E-state index in [0.717, 1.165) is 12.6 Å². The molecule has 1 aliphatic rings. The molecule has 1 fully saturated rings. The Labute approximate surface area is 69.8 Å². The molecule has 1 saturated heterocycles. The van der Waals surface area contributed by atoms with Crippen LogP contribution < -0.4 is 10.6 Å². The van der Waals surface area contributed by atoms with Crippen LogP contribution in [-0.2, 0) is 0 Å². The van der Waals surface area contributed by atoms with Gasteiger partial charge in [-0.05, 0) is 38.9 Å². The minimum absolute atomic E-state index is 0.771. The second kappa shape index (κ2) is 5.56. The van der Waals surface area contributed by atoms with Gasteiger partial charge in [-0.2, -0.15) is 0 Å². The SMILES string of the molecule is CCNC1CCCCNCC1. The van der Waals surface area contributed by atoms with Gasteiger partial charge in [0, 0.05) is 6.04 Å². The zero-order valence-corrected chi connectivity index (χ0v) is 7.53. The van der Waals surface area contributed by atoms with Gasteiger partial charge in [0.1, 0.15) is 0 Å². The van der Waals surface area contributed by atoms with Gasteiger partial charge in [0.25, 0.3) is 0 Å². The average Bonchev–Trinajstić information content (AvgIpc) is 1.94. The Kier molecular flexibility index (Phi) is 4.55. The summed E-state index contributed by atoms with van der Waals surface area (Å²) in [5.74, 6) is 0. The van der Waals surface area contributed by atoms with Crippen molar-refractivity contribution in [1.29, 1.82) is 0 Å². The number of nitrogens with one attached hydrogen (secondary N) is 2. The summed E-state index contributed by atoms with van der Waals surface area (Å²) in [6, 6.07) is 0.771. The topological polar surface area (TPSA) is 24.1 Å². The van der Waals surface area contributed by atoms with Gasteiger partial charge in [-0.1, -0.05) is 13.3 Å². The lowest BCUT2D eigenvalue weighted by molar-refractivity contribution is 0.406. The largest absolute Gasteiger partial charge is 0.317 e. The summed E-state index contributed by atoms with van der Waals surface area (Å²) >= 11 is 0. The third-order valence-electron chi connectivity index (χ3n) is 2.32. The van der Waals surface area contributed by atoms with E-state index < -0.39 is 0 Å². The van der Waals surface area contributed by atoms with Crippen molar-refractivity contribution in [1.82, 2.24) is 10.6 Å². The molecule has 0 bridgehead atoms. The first-order chi connectivity index (χ1) is 5.43. The Bertz CT molecular complexity index is 85.6. The van der Waals surface area contributed by atoms with E-state index in [0.29, 0.717) is 0 Å². The molecule has 0 radical (unpaired) electrons. The fraction of sp³-hybridized carbons (Fsp3) is 1.00. The predicted molar refractivity (Wildman–Crippen MR) is 48.8 cm³/mol. The van der Waals surface area contributed by atoms with E-state index in [4.69, 9.17) is 0 Å². The van der Waals surface area contributed by atoms with E-state index in [1.165, 1.54) is 38.8 Å². The van der Waals surface area contributed by atoms with Crippen LogP contribution >= 0.6 is 0 Å². The summed E-state index contributed by atoms with van der Waals surface area (Å²) in [7, 11) is 0. The highest BCUT2D eigenvalue weighted by atomic mass is 14.9. The van der Waals surface area contributed by atoms with Crippen LogP contribution in [0.25, 0.3) is 0 Å². The normalized spacial score (nSPS) is 27.5. The van der Waals surface area contributed by atoms with Crippen molar-refractivity contribution >= 4 is 0 Å². The summed E-state index contributed by atoms with van der Waals surface area (Å²) in [5, 5.41) is 6.95. The fourth-order valence-corrected chi connectivity index (χ4v) is 1.68. The van der Waals surface area contributed by atoms with Crippen LogP contribution in [0.3, 0.4) is 0 Å². The van der Waals surface area contributed by atoms with E-state index in [-0.39, 0.29) is 0 Å². The van der Waals surface area contributed by atoms with Crippen LogP contribution in [0.1, 0.15) is 32.6 Å². The third kappa shape index (κ3) is 3.73. The number of hydrogen-bond donors (Lipinski definition) is 2. The van der Waals surface area contributed by atoms with Gasteiger partial charge in [0.2, 0.25) is 0 Å². The molecule has 66 valence electrons. The molecule has 1 rings (SSSR count). The second-order valence-corrected chi connectivity index (χ2v) is 3.29. The highest BCUT2D eigenvalue weighted by molar-refractivity contribution is 4.70. The molecule has 1 atom stereocenters. The Morgan fingerprint density at radius 2 is 2.18 bits per heavy atom. The Morgan fingerprint density at radius 1 is 1.27 bits per heavy atom. The minimum Gasteiger partial charge on any atom is -0.317 e. The molecular weight excluding hydrogens is 136 g/mol. The maximum atomic E-state index is 3.51. The van der Waals surface area contributed by atoms with Crippen molar-refractivity contribution in [2.45, 2.75) is 38.6 Å². The number of rotatable bonds is 2. The lowest BCUT2D eigenvalue weighted by atomic mass is 10.0. The highest BCUT2D eigenvalue weighted by Gasteiger charge is 2.08. The Morgan fingerprint density at radius 3 is 3.00 bits per heavy atom. The number of hydrogen-bond acceptors (Lipinski definition) is 2. The van der Waals surface area contributed by atoms with E-state index >= 15 is 0 Å². The van der Waals surface area contributed by atoms with Crippen LogP contribution in [0.4, 0.5) is 0 Å². The van der Waals surface area contributed by atoms with Crippen molar-refractivity contribution in [3.63, 3.8) is 0 Å². The van der Waals surface area contributed by atoms with Gasteiger partial charge >= 0.3 is 0 Å². The third-order valence-corrected chi connectivity index (χ3v) is 2.32. The first-order valence-electron chi connectivity index (χ1n) is 4.87. The first-order valence-corrected chi connectivity index (χ1v) is 4.87. The lowest BCUT2D eigenvalue weighted by Gasteiger charge is -2.20. The summed E-state index contributed by atoms with van der Waals surface area (Å²) in [5.41, 5.74) is 0. The summed E-state index contributed by atoms with van der Waals surface area (Å²) in [6.45, 7) is 5.72. The molecule has 1 aliphatic heterocycles. The van der Waals surface area contributed by atoms with Crippen molar-refractivity contribution < 1.29 is 0 Å². The van der Waals surface area contributed by atoms with Crippen LogP contribution in [-0.4, -0.2) is 25.7 Å². The maximum Gasteiger partial charge on any atom is 0.00790 e. The van der Waals surface area contributed by atoms with Gasteiger partial charge in [0.15, 0.2) is 0 Å². The van der Waals surface area contributed by atoms with Gasteiger partial charge in [-0.25, -0.2) is 0 Å². The molecule has 1 unspecified atom stereocenters. The second-order valence-electron chi connectivity index (χ2n) is 3.29. The zero-order valence-electron chi connectivity index (χ0n) is 7.53. The van der Waals surface area contributed by atoms with E-state index in [1.54, 1.807) is 0 Å². The van der Waals surface area contributed by atoms with Crippen LogP contribution in [0.2, 0.25) is 0 Å². The summed E-state index contributed by atoms with van der Waals surface area (Å²) in [6.07, 6.45) is 5.40. The average molecular weight is 156 g/mol. The Balaban J connectivity index is 2.15. The van der Waals surface area contributed by atoms with Crippen molar-refractivity contribution in [3.05, 3.63) is 0 Å². The van der Waals surface area contributed by atoms with E-state index in [2.05, 4.69) is 17.6 Å². The molecule has 0 aromatic carbocycles. The zero-order chi connectivity index (χ0) is 7.94. The van der Waals surface area contributed by atoms with Crippen LogP contribution in [0, 0.1) is 0 Å². The monoisotopic (exact) mass is 156 g/mol. The quantitative estimate of drug-likeness (QED) is 0.626. The van der Waals surface area contributed by atoms with E-state index in [9.17, 15) is 0 Å². The minimum atomic E-state index is 0.771. The molecule has 2 heteroatoms. The van der Waals surface area contributed by atoms with Crippen molar-refractivity contribution in [2.75, 3.05) is 19.6 Å². The lowest BCUT2D eigenvalue weighted by Crippen LogP contribution is -2.34. The highest BCUT2D eigenvalue weighted by Crippen LogP contribution is 2.06. The molecule has 0 aromatic heterocycles. The van der Waals surface area contributed by atoms with Gasteiger partial charge in [0.05, 0.1) is 0 Å². The van der Waals surface area contributed by atoms with Gasteiger partial charge in [-0.3, -0.25) is 0 Å². The first kappa shape index (κ1) is 9.01. The fourth-order valence-electron chi connectivity index (χ4n) is 1.68. The summed E-state index contributed by atoms with van der Waals surface area (Å²) < 4.78 is 0. The molecule has 0 saturated carbocycles. The van der Waals surface area contributed by atoms with Crippen molar-refractivity contribution in [2.24, 2.45) is 0 Å². The molecule has 2 N–H and O–H groups in total. The summed E-state index contributed by atoms with van der Waals surface area (Å²) in [4.78, 5) is 0. The van der Waals surface area contributed by atoms with Gasteiger partial charge in [-0.15, -0.1) is 0 Å². The molecule has 0 spiro atoms. The molecule has 0 aliphatic carbocycles. The standard InChI is InChI=1S/C9H20N2/c1-2-11-9-5-3-4-7-10-8-6-9/h9-11H,2-8H2,1H3. The predicted octanol–water partition coefficient (Wildman–Crippen LogP) is 1.13. The van der Waals surface area contributed by atoms with Crippen molar-refractivity contribution in [3.8, 4) is 0 Å². The van der Waals surface area contributed by atoms with Crippen LogP contribution in [0.5, 0.6) is 0 Å². The molecule has 2 nitrogen and oxygen atoms in total. The molecular formula is C9H20N2. The van der Waals surface area contributed by atoms with Crippen LogP contribution in [0.15, 0.2) is 0 Å². The van der Waals surface area contributed by atoms with E-state index in [1.807, 2.05) is 0 Å². The van der Waals surface area contributed by atoms with Gasteiger partial charge < -0.3 is 10.6 Å². The maximum absolute atomic E-state index is 3.51. The smallest absolute Gasteiger partial charge is 0.00790 e. The molecule has 11 heavy (non-hydrogen) atoms. The molecule has 0 aromatic rings. The Hall–Kier alpha value is -0.0800.